The first-order valence-electron chi connectivity index (χ1n) is 6.04. The van der Waals surface area contributed by atoms with Gasteiger partial charge in [0.2, 0.25) is 0 Å². The van der Waals surface area contributed by atoms with Crippen LogP contribution >= 0.6 is 15.9 Å². The summed E-state index contributed by atoms with van der Waals surface area (Å²) >= 11 is 3.41. The Balaban J connectivity index is 2.28. The van der Waals surface area contributed by atoms with E-state index in [-0.39, 0.29) is 25.4 Å². The number of nitrogens with zero attached hydrogens (tertiary/aromatic N) is 1. The zero-order valence-electron chi connectivity index (χ0n) is 10.3. The molecule has 1 aliphatic rings. The molecule has 1 saturated heterocycles. The molecule has 2 atom stereocenters. The Labute approximate surface area is 115 Å². The van der Waals surface area contributed by atoms with Crippen LogP contribution in [0.1, 0.15) is 12.5 Å². The van der Waals surface area contributed by atoms with E-state index < -0.39 is 0 Å². The van der Waals surface area contributed by atoms with Crippen molar-refractivity contribution in [3.05, 3.63) is 28.2 Å². The summed E-state index contributed by atoms with van der Waals surface area (Å²) in [5.41, 5.74) is 1.89. The number of halogens is 1. The maximum atomic E-state index is 9.45. The van der Waals surface area contributed by atoms with Crippen LogP contribution in [0.15, 0.2) is 22.7 Å². The number of rotatable bonds is 3. The van der Waals surface area contributed by atoms with Gasteiger partial charge in [-0.2, -0.15) is 0 Å². The highest BCUT2D eigenvalue weighted by Crippen LogP contribution is 2.28. The number of hydrogen-bond donors (Lipinski definition) is 2. The van der Waals surface area contributed by atoms with E-state index in [0.29, 0.717) is 13.2 Å². The summed E-state index contributed by atoms with van der Waals surface area (Å²) in [4.78, 5) is 2.18. The quantitative estimate of drug-likeness (QED) is 0.888. The molecule has 2 rings (SSSR count). The number of anilines is 1. The van der Waals surface area contributed by atoms with E-state index in [9.17, 15) is 10.2 Å². The summed E-state index contributed by atoms with van der Waals surface area (Å²) in [6, 6.07) is 6.11. The number of hydrogen-bond acceptors (Lipinski definition) is 4. The molecule has 2 unspecified atom stereocenters. The van der Waals surface area contributed by atoms with Crippen LogP contribution in [0.4, 0.5) is 5.69 Å². The third-order valence-corrected chi connectivity index (χ3v) is 3.72. The molecule has 0 radical (unpaired) electrons. The highest BCUT2D eigenvalue weighted by Gasteiger charge is 2.27. The molecule has 2 N–H and O–H groups in total. The molecule has 1 aliphatic heterocycles. The van der Waals surface area contributed by atoms with Crippen LogP contribution in [-0.2, 0) is 11.3 Å². The fourth-order valence-electron chi connectivity index (χ4n) is 2.22. The third-order valence-electron chi connectivity index (χ3n) is 3.23. The summed E-state index contributed by atoms with van der Waals surface area (Å²) < 4.78 is 6.48. The van der Waals surface area contributed by atoms with Crippen LogP contribution in [0, 0.1) is 0 Å². The van der Waals surface area contributed by atoms with Gasteiger partial charge in [0.1, 0.15) is 0 Å². The van der Waals surface area contributed by atoms with Crippen molar-refractivity contribution in [1.29, 1.82) is 0 Å². The van der Waals surface area contributed by atoms with Crippen molar-refractivity contribution in [1.82, 2.24) is 0 Å². The Kier molecular flexibility index (Phi) is 4.61. The van der Waals surface area contributed by atoms with Gasteiger partial charge in [0.25, 0.3) is 0 Å². The average molecular weight is 316 g/mol. The van der Waals surface area contributed by atoms with Crippen molar-refractivity contribution in [2.45, 2.75) is 25.7 Å². The zero-order valence-corrected chi connectivity index (χ0v) is 11.9. The molecule has 1 aromatic carbocycles. The van der Waals surface area contributed by atoms with E-state index in [2.05, 4.69) is 27.8 Å². The van der Waals surface area contributed by atoms with Crippen LogP contribution in [-0.4, -0.2) is 42.1 Å². The monoisotopic (exact) mass is 315 g/mol. The van der Waals surface area contributed by atoms with Crippen LogP contribution in [0.3, 0.4) is 0 Å². The van der Waals surface area contributed by atoms with Crippen molar-refractivity contribution < 1.29 is 14.9 Å². The van der Waals surface area contributed by atoms with E-state index in [0.717, 1.165) is 15.7 Å². The fourth-order valence-corrected chi connectivity index (χ4v) is 2.63. The molecular formula is C13H18BrNO3. The van der Waals surface area contributed by atoms with Gasteiger partial charge in [-0.25, -0.2) is 0 Å². The largest absolute Gasteiger partial charge is 0.394 e. The minimum atomic E-state index is -0.156. The second-order valence-corrected chi connectivity index (χ2v) is 5.49. The Hall–Kier alpha value is -0.620. The summed E-state index contributed by atoms with van der Waals surface area (Å²) in [6.07, 6.45) is -0.156. The molecule has 0 aliphatic carbocycles. The normalized spacial score (nSPS) is 24.3. The molecule has 0 bridgehead atoms. The lowest BCUT2D eigenvalue weighted by atomic mass is 10.1. The van der Waals surface area contributed by atoms with Crippen LogP contribution in [0.2, 0.25) is 0 Å². The lowest BCUT2D eigenvalue weighted by Crippen LogP contribution is -2.50. The maximum Gasteiger partial charge on any atom is 0.0981 e. The molecule has 1 heterocycles. The molecule has 0 aromatic heterocycles. The highest BCUT2D eigenvalue weighted by atomic mass is 79.9. The Bertz CT molecular complexity index is 413. The van der Waals surface area contributed by atoms with E-state index in [1.165, 1.54) is 0 Å². The third kappa shape index (κ3) is 2.85. The maximum absolute atomic E-state index is 9.45. The molecular weight excluding hydrogens is 298 g/mol. The molecule has 1 fully saturated rings. The summed E-state index contributed by atoms with van der Waals surface area (Å²) in [5.74, 6) is 0. The van der Waals surface area contributed by atoms with E-state index in [1.807, 2.05) is 18.2 Å². The standard InChI is InChI=1S/C13H18BrNO3/c1-9-8-18-12(7-17)5-15(9)13-3-2-11(14)4-10(13)6-16/h2-4,9,12,16-17H,5-8H2,1H3. The molecule has 4 nitrogen and oxygen atoms in total. The van der Waals surface area contributed by atoms with Crippen LogP contribution in [0.5, 0.6) is 0 Å². The lowest BCUT2D eigenvalue weighted by Gasteiger charge is -2.40. The molecule has 18 heavy (non-hydrogen) atoms. The topological polar surface area (TPSA) is 52.9 Å². The smallest absolute Gasteiger partial charge is 0.0981 e. The SMILES string of the molecule is CC1COC(CO)CN1c1ccc(Br)cc1CO. The minimum Gasteiger partial charge on any atom is -0.394 e. The first-order chi connectivity index (χ1) is 8.65. The van der Waals surface area contributed by atoms with Crippen LogP contribution < -0.4 is 4.90 Å². The second-order valence-electron chi connectivity index (χ2n) is 4.57. The van der Waals surface area contributed by atoms with Gasteiger partial charge in [-0.05, 0) is 25.1 Å². The van der Waals surface area contributed by atoms with Crippen molar-refractivity contribution in [2.24, 2.45) is 0 Å². The summed E-state index contributed by atoms with van der Waals surface area (Å²) in [6.45, 7) is 3.34. The van der Waals surface area contributed by atoms with E-state index in [4.69, 9.17) is 4.74 Å². The molecule has 0 saturated carbocycles. The summed E-state index contributed by atoms with van der Waals surface area (Å²) in [5, 5.41) is 18.7. The number of aliphatic hydroxyl groups excluding tert-OH is 2. The zero-order chi connectivity index (χ0) is 13.1. The number of benzene rings is 1. The first-order valence-corrected chi connectivity index (χ1v) is 6.83. The van der Waals surface area contributed by atoms with Crippen molar-refractivity contribution >= 4 is 21.6 Å². The van der Waals surface area contributed by atoms with Gasteiger partial charge >= 0.3 is 0 Å². The van der Waals surface area contributed by atoms with E-state index in [1.54, 1.807) is 0 Å². The molecule has 0 spiro atoms. The number of ether oxygens (including phenoxy) is 1. The van der Waals surface area contributed by atoms with Crippen molar-refractivity contribution in [3.63, 3.8) is 0 Å². The van der Waals surface area contributed by atoms with Gasteiger partial charge in [-0.1, -0.05) is 15.9 Å². The predicted octanol–water partition coefficient (Wildman–Crippen LogP) is 1.53. The van der Waals surface area contributed by atoms with Gasteiger partial charge in [-0.15, -0.1) is 0 Å². The molecule has 100 valence electrons. The Morgan fingerprint density at radius 3 is 2.89 bits per heavy atom. The predicted molar refractivity (Wildman–Crippen MR) is 73.7 cm³/mol. The first kappa shape index (κ1) is 13.8. The van der Waals surface area contributed by atoms with Gasteiger partial charge in [0.15, 0.2) is 0 Å². The number of morpholine rings is 1. The van der Waals surface area contributed by atoms with Crippen molar-refractivity contribution in [2.75, 3.05) is 24.7 Å². The van der Waals surface area contributed by atoms with Gasteiger partial charge in [0.05, 0.1) is 25.9 Å². The lowest BCUT2D eigenvalue weighted by molar-refractivity contribution is -0.0104. The average Bonchev–Trinajstić information content (AvgIpc) is 2.39. The second kappa shape index (κ2) is 6.02. The van der Waals surface area contributed by atoms with Crippen molar-refractivity contribution in [3.8, 4) is 0 Å². The fraction of sp³-hybridized carbons (Fsp3) is 0.538. The summed E-state index contributed by atoms with van der Waals surface area (Å²) in [7, 11) is 0. The Morgan fingerprint density at radius 2 is 2.22 bits per heavy atom. The van der Waals surface area contributed by atoms with E-state index >= 15 is 0 Å². The minimum absolute atomic E-state index is 0.00262. The molecule has 5 heteroatoms. The Morgan fingerprint density at radius 1 is 1.44 bits per heavy atom. The molecule has 0 amide bonds. The molecule has 1 aromatic rings. The number of aliphatic hydroxyl groups is 2. The van der Waals surface area contributed by atoms with Gasteiger partial charge in [0, 0.05) is 28.3 Å². The van der Waals surface area contributed by atoms with Gasteiger partial charge < -0.3 is 19.8 Å². The van der Waals surface area contributed by atoms with Gasteiger partial charge in [-0.3, -0.25) is 0 Å². The van der Waals surface area contributed by atoms with Crippen LogP contribution in [0.25, 0.3) is 0 Å². The highest BCUT2D eigenvalue weighted by molar-refractivity contribution is 9.10.